The van der Waals surface area contributed by atoms with Crippen LogP contribution in [0.1, 0.15) is 25.0 Å². The van der Waals surface area contributed by atoms with Crippen LogP contribution in [0.25, 0.3) is 5.57 Å². The van der Waals surface area contributed by atoms with Crippen LogP contribution in [0.5, 0.6) is 0 Å². The van der Waals surface area contributed by atoms with Crippen molar-refractivity contribution in [2.24, 2.45) is 0 Å². The molecule has 0 aliphatic rings. The molecule has 0 N–H and O–H groups in total. The summed E-state index contributed by atoms with van der Waals surface area (Å²) in [5, 5.41) is 0. The third-order valence-electron chi connectivity index (χ3n) is 3.58. The molecule has 2 rings (SSSR count). The van der Waals surface area contributed by atoms with Gasteiger partial charge in [-0.15, -0.1) is 0 Å². The molecule has 1 nitrogen and oxygen atoms in total. The van der Waals surface area contributed by atoms with Crippen molar-refractivity contribution in [1.29, 1.82) is 0 Å². The second-order valence-electron chi connectivity index (χ2n) is 5.21. The fourth-order valence-electron chi connectivity index (χ4n) is 2.12. The third kappa shape index (κ3) is 2.90. The molecule has 0 aliphatic carbocycles. The van der Waals surface area contributed by atoms with E-state index >= 15 is 0 Å². The average molecular weight is 269 g/mol. The standard InChI is InChI=1S/C18H20FN/c1-13(2)20(4)18-8-6-5-7-17(18)14(3)15-9-11-16(19)12-10-15/h5-13H,3H2,1-2,4H3. The molecule has 0 unspecified atom stereocenters. The maximum Gasteiger partial charge on any atom is 0.123 e. The van der Waals surface area contributed by atoms with Gasteiger partial charge in [0.2, 0.25) is 0 Å². The van der Waals surface area contributed by atoms with E-state index in [4.69, 9.17) is 0 Å². The number of rotatable bonds is 4. The van der Waals surface area contributed by atoms with Crippen LogP contribution in [-0.4, -0.2) is 13.1 Å². The van der Waals surface area contributed by atoms with Gasteiger partial charge in [-0.25, -0.2) is 4.39 Å². The molecule has 0 saturated carbocycles. The van der Waals surface area contributed by atoms with E-state index in [2.05, 4.69) is 44.5 Å². The Morgan fingerprint density at radius 3 is 2.25 bits per heavy atom. The highest BCUT2D eigenvalue weighted by atomic mass is 19.1. The maximum atomic E-state index is 13.0. The zero-order valence-electron chi connectivity index (χ0n) is 12.2. The summed E-state index contributed by atoms with van der Waals surface area (Å²) in [6.07, 6.45) is 0. The molecule has 0 aliphatic heterocycles. The summed E-state index contributed by atoms with van der Waals surface area (Å²) in [6.45, 7) is 8.48. The Bertz CT molecular complexity index is 599. The van der Waals surface area contributed by atoms with Crippen molar-refractivity contribution in [3.63, 3.8) is 0 Å². The Morgan fingerprint density at radius 2 is 1.65 bits per heavy atom. The van der Waals surface area contributed by atoms with E-state index in [1.54, 1.807) is 12.1 Å². The van der Waals surface area contributed by atoms with Crippen molar-refractivity contribution in [3.8, 4) is 0 Å². The molecular weight excluding hydrogens is 249 g/mol. The Hall–Kier alpha value is -2.09. The van der Waals surface area contributed by atoms with Crippen LogP contribution in [0.2, 0.25) is 0 Å². The molecule has 0 bridgehead atoms. The van der Waals surface area contributed by atoms with Crippen LogP contribution in [-0.2, 0) is 0 Å². The number of benzene rings is 2. The molecule has 2 aromatic rings. The summed E-state index contributed by atoms with van der Waals surface area (Å²) in [5.41, 5.74) is 4.07. The highest BCUT2D eigenvalue weighted by Crippen LogP contribution is 2.30. The summed E-state index contributed by atoms with van der Waals surface area (Å²) in [5.74, 6) is -0.228. The van der Waals surface area contributed by atoms with Crippen LogP contribution in [0.4, 0.5) is 10.1 Å². The molecule has 0 radical (unpaired) electrons. The molecule has 20 heavy (non-hydrogen) atoms. The second kappa shape index (κ2) is 5.91. The van der Waals surface area contributed by atoms with E-state index in [-0.39, 0.29) is 5.82 Å². The van der Waals surface area contributed by atoms with Gasteiger partial charge in [0, 0.05) is 24.3 Å². The summed E-state index contributed by atoms with van der Waals surface area (Å²) in [6, 6.07) is 15.0. The summed E-state index contributed by atoms with van der Waals surface area (Å²) < 4.78 is 13.0. The van der Waals surface area contributed by atoms with Crippen LogP contribution in [0, 0.1) is 5.82 Å². The second-order valence-corrected chi connectivity index (χ2v) is 5.21. The highest BCUT2D eigenvalue weighted by molar-refractivity contribution is 5.85. The first-order valence-electron chi connectivity index (χ1n) is 6.77. The first kappa shape index (κ1) is 14.3. The van der Waals surface area contributed by atoms with Gasteiger partial charge in [-0.1, -0.05) is 36.9 Å². The molecule has 0 saturated heterocycles. The van der Waals surface area contributed by atoms with Crippen LogP contribution < -0.4 is 4.90 Å². The fourth-order valence-corrected chi connectivity index (χ4v) is 2.12. The summed E-state index contributed by atoms with van der Waals surface area (Å²) in [7, 11) is 2.07. The quantitative estimate of drug-likeness (QED) is 0.775. The largest absolute Gasteiger partial charge is 0.372 e. The third-order valence-corrected chi connectivity index (χ3v) is 3.58. The smallest absolute Gasteiger partial charge is 0.123 e. The normalized spacial score (nSPS) is 10.7. The van der Waals surface area contributed by atoms with E-state index < -0.39 is 0 Å². The molecule has 2 aromatic carbocycles. The predicted octanol–water partition coefficient (Wildman–Crippen LogP) is 4.73. The number of nitrogens with zero attached hydrogens (tertiary/aromatic N) is 1. The van der Waals surface area contributed by atoms with Gasteiger partial charge in [-0.05, 0) is 43.2 Å². The molecule has 0 amide bonds. The summed E-state index contributed by atoms with van der Waals surface area (Å²) in [4.78, 5) is 2.21. The van der Waals surface area contributed by atoms with Gasteiger partial charge in [-0.3, -0.25) is 0 Å². The number of hydrogen-bond acceptors (Lipinski definition) is 1. The topological polar surface area (TPSA) is 3.24 Å². The Balaban J connectivity index is 2.42. The van der Waals surface area contributed by atoms with Crippen molar-refractivity contribution < 1.29 is 4.39 Å². The lowest BCUT2D eigenvalue weighted by atomic mass is 9.97. The minimum atomic E-state index is -0.228. The van der Waals surface area contributed by atoms with E-state index in [0.29, 0.717) is 6.04 Å². The van der Waals surface area contributed by atoms with Crippen molar-refractivity contribution in [3.05, 3.63) is 72.1 Å². The summed E-state index contributed by atoms with van der Waals surface area (Å²) >= 11 is 0. The van der Waals surface area contributed by atoms with Crippen molar-refractivity contribution in [2.45, 2.75) is 19.9 Å². The minimum Gasteiger partial charge on any atom is -0.372 e. The van der Waals surface area contributed by atoms with E-state index in [1.165, 1.54) is 12.1 Å². The molecule has 0 aromatic heterocycles. The Kier molecular flexibility index (Phi) is 4.23. The maximum absolute atomic E-state index is 13.0. The molecule has 104 valence electrons. The van der Waals surface area contributed by atoms with Crippen LogP contribution >= 0.6 is 0 Å². The van der Waals surface area contributed by atoms with Gasteiger partial charge in [-0.2, -0.15) is 0 Å². The van der Waals surface area contributed by atoms with E-state index in [0.717, 1.165) is 22.4 Å². The fraction of sp³-hybridized carbons (Fsp3) is 0.222. The SMILES string of the molecule is C=C(c1ccc(F)cc1)c1ccccc1N(C)C(C)C. The molecule has 0 heterocycles. The Morgan fingerprint density at radius 1 is 1.05 bits per heavy atom. The van der Waals surface area contributed by atoms with Crippen LogP contribution in [0.3, 0.4) is 0 Å². The lowest BCUT2D eigenvalue weighted by molar-refractivity contribution is 0.627. The highest BCUT2D eigenvalue weighted by Gasteiger charge is 2.12. The lowest BCUT2D eigenvalue weighted by Gasteiger charge is -2.27. The number of hydrogen-bond donors (Lipinski definition) is 0. The van der Waals surface area contributed by atoms with E-state index in [9.17, 15) is 4.39 Å². The van der Waals surface area contributed by atoms with Gasteiger partial charge in [0.15, 0.2) is 0 Å². The first-order valence-corrected chi connectivity index (χ1v) is 6.77. The van der Waals surface area contributed by atoms with Crippen LogP contribution in [0.15, 0.2) is 55.1 Å². The monoisotopic (exact) mass is 269 g/mol. The van der Waals surface area contributed by atoms with Gasteiger partial charge in [0.1, 0.15) is 5.82 Å². The minimum absolute atomic E-state index is 0.228. The van der Waals surface area contributed by atoms with Gasteiger partial charge in [0.05, 0.1) is 0 Å². The van der Waals surface area contributed by atoms with Crippen molar-refractivity contribution >= 4 is 11.3 Å². The number of para-hydroxylation sites is 1. The first-order chi connectivity index (χ1) is 9.50. The van der Waals surface area contributed by atoms with Crippen molar-refractivity contribution in [1.82, 2.24) is 0 Å². The zero-order valence-corrected chi connectivity index (χ0v) is 12.2. The van der Waals surface area contributed by atoms with Gasteiger partial charge < -0.3 is 4.90 Å². The lowest BCUT2D eigenvalue weighted by Crippen LogP contribution is -2.26. The number of anilines is 1. The predicted molar refractivity (Wildman–Crippen MR) is 84.5 cm³/mol. The van der Waals surface area contributed by atoms with Crippen molar-refractivity contribution in [2.75, 3.05) is 11.9 Å². The molecule has 0 atom stereocenters. The van der Waals surface area contributed by atoms with Gasteiger partial charge >= 0.3 is 0 Å². The molecular formula is C18H20FN. The molecule has 0 spiro atoms. The number of halogens is 1. The average Bonchev–Trinajstić information content (AvgIpc) is 2.46. The zero-order chi connectivity index (χ0) is 14.7. The Labute approximate surface area is 120 Å². The molecule has 2 heteroatoms. The van der Waals surface area contributed by atoms with Gasteiger partial charge in [0.25, 0.3) is 0 Å². The van der Waals surface area contributed by atoms with E-state index in [1.807, 2.05) is 12.1 Å². The molecule has 0 fully saturated rings.